The molecule has 0 spiro atoms. The van der Waals surface area contributed by atoms with Crippen LogP contribution in [-0.2, 0) is 6.42 Å². The Hall–Kier alpha value is -1.61. The van der Waals surface area contributed by atoms with E-state index in [4.69, 9.17) is 26.5 Å². The fourth-order valence-electron chi connectivity index (χ4n) is 1.56. The third kappa shape index (κ3) is 2.14. The van der Waals surface area contributed by atoms with Crippen molar-refractivity contribution in [2.45, 2.75) is 6.42 Å². The van der Waals surface area contributed by atoms with Crippen molar-refractivity contribution >= 4 is 17.3 Å². The van der Waals surface area contributed by atoms with Gasteiger partial charge >= 0.3 is 0 Å². The van der Waals surface area contributed by atoms with Crippen molar-refractivity contribution in [1.29, 1.82) is 0 Å². The van der Waals surface area contributed by atoms with Gasteiger partial charge in [0.2, 0.25) is 0 Å². The SMILES string of the molecule is COc1cccc(Cc2ccc(Cl)o2)c1N. The van der Waals surface area contributed by atoms with Crippen molar-refractivity contribution in [3.05, 3.63) is 46.9 Å². The van der Waals surface area contributed by atoms with E-state index in [1.807, 2.05) is 24.3 Å². The first-order chi connectivity index (χ1) is 7.70. The summed E-state index contributed by atoms with van der Waals surface area (Å²) in [6, 6.07) is 9.21. The number of halogens is 1. The minimum absolute atomic E-state index is 0.386. The average molecular weight is 238 g/mol. The Bertz CT molecular complexity index is 494. The van der Waals surface area contributed by atoms with Gasteiger partial charge in [0.25, 0.3) is 0 Å². The predicted molar refractivity (Wildman–Crippen MR) is 63.9 cm³/mol. The van der Waals surface area contributed by atoms with Gasteiger partial charge in [-0.05, 0) is 35.4 Å². The van der Waals surface area contributed by atoms with Crippen molar-refractivity contribution in [3.63, 3.8) is 0 Å². The number of benzene rings is 1. The quantitative estimate of drug-likeness (QED) is 0.835. The fourth-order valence-corrected chi connectivity index (χ4v) is 1.72. The molecule has 0 atom stereocenters. The van der Waals surface area contributed by atoms with Crippen LogP contribution in [0, 0.1) is 0 Å². The van der Waals surface area contributed by atoms with E-state index in [2.05, 4.69) is 0 Å². The zero-order chi connectivity index (χ0) is 11.5. The molecule has 0 aliphatic rings. The third-order valence-corrected chi connectivity index (χ3v) is 2.57. The van der Waals surface area contributed by atoms with Gasteiger partial charge in [-0.15, -0.1) is 0 Å². The van der Waals surface area contributed by atoms with Gasteiger partial charge in [-0.25, -0.2) is 0 Å². The Labute approximate surface area is 98.8 Å². The largest absolute Gasteiger partial charge is 0.495 e. The molecule has 0 saturated heterocycles. The number of nitrogens with two attached hydrogens (primary N) is 1. The molecule has 2 aromatic rings. The van der Waals surface area contributed by atoms with Crippen LogP contribution in [0.4, 0.5) is 5.69 Å². The number of rotatable bonds is 3. The van der Waals surface area contributed by atoms with Crippen molar-refractivity contribution < 1.29 is 9.15 Å². The summed E-state index contributed by atoms with van der Waals surface area (Å²) in [6.07, 6.45) is 0.607. The second-order valence-electron chi connectivity index (χ2n) is 3.42. The number of anilines is 1. The average Bonchev–Trinajstić information content (AvgIpc) is 2.67. The highest BCUT2D eigenvalue weighted by Gasteiger charge is 2.08. The van der Waals surface area contributed by atoms with Gasteiger partial charge in [-0.3, -0.25) is 0 Å². The molecule has 0 aliphatic carbocycles. The maximum atomic E-state index is 5.95. The van der Waals surface area contributed by atoms with Crippen LogP contribution in [0.3, 0.4) is 0 Å². The molecule has 1 aromatic heterocycles. The number of hydrogen-bond donors (Lipinski definition) is 1. The summed E-state index contributed by atoms with van der Waals surface area (Å²) in [4.78, 5) is 0. The van der Waals surface area contributed by atoms with Crippen LogP contribution >= 0.6 is 11.6 Å². The minimum Gasteiger partial charge on any atom is -0.495 e. The molecule has 3 nitrogen and oxygen atoms in total. The first kappa shape index (κ1) is 10.9. The normalized spacial score (nSPS) is 10.4. The molecule has 0 bridgehead atoms. The highest BCUT2D eigenvalue weighted by molar-refractivity contribution is 6.28. The van der Waals surface area contributed by atoms with E-state index in [0.717, 1.165) is 11.3 Å². The van der Waals surface area contributed by atoms with E-state index in [-0.39, 0.29) is 0 Å². The molecular weight excluding hydrogens is 226 g/mol. The zero-order valence-electron chi connectivity index (χ0n) is 8.87. The molecule has 16 heavy (non-hydrogen) atoms. The number of para-hydroxylation sites is 1. The lowest BCUT2D eigenvalue weighted by Crippen LogP contribution is -1.98. The summed E-state index contributed by atoms with van der Waals surface area (Å²) in [5, 5.41) is 0.386. The standard InChI is InChI=1S/C12H12ClNO2/c1-15-10-4-2-3-8(12(10)14)7-9-5-6-11(13)16-9/h2-6H,7,14H2,1H3. The Kier molecular flexibility index (Phi) is 3.06. The van der Waals surface area contributed by atoms with Crippen molar-refractivity contribution in [1.82, 2.24) is 0 Å². The Morgan fingerprint density at radius 3 is 2.75 bits per heavy atom. The molecule has 1 heterocycles. The highest BCUT2D eigenvalue weighted by Crippen LogP contribution is 2.27. The highest BCUT2D eigenvalue weighted by atomic mass is 35.5. The minimum atomic E-state index is 0.386. The van der Waals surface area contributed by atoms with E-state index in [0.29, 0.717) is 23.1 Å². The summed E-state index contributed by atoms with van der Waals surface area (Å²) in [5.41, 5.74) is 7.55. The molecule has 0 amide bonds. The summed E-state index contributed by atoms with van der Waals surface area (Å²) in [6.45, 7) is 0. The van der Waals surface area contributed by atoms with E-state index in [1.165, 1.54) is 0 Å². The van der Waals surface area contributed by atoms with Crippen LogP contribution in [0.25, 0.3) is 0 Å². The van der Waals surface area contributed by atoms with Crippen molar-refractivity contribution in [3.8, 4) is 5.75 Å². The first-order valence-electron chi connectivity index (χ1n) is 4.86. The zero-order valence-corrected chi connectivity index (χ0v) is 9.62. The number of methoxy groups -OCH3 is 1. The number of hydrogen-bond acceptors (Lipinski definition) is 3. The smallest absolute Gasteiger partial charge is 0.193 e. The second-order valence-corrected chi connectivity index (χ2v) is 3.79. The van der Waals surface area contributed by atoms with Gasteiger partial charge in [0.05, 0.1) is 12.8 Å². The molecule has 84 valence electrons. The summed E-state index contributed by atoms with van der Waals surface area (Å²) in [7, 11) is 1.60. The lowest BCUT2D eigenvalue weighted by atomic mass is 10.1. The lowest BCUT2D eigenvalue weighted by molar-refractivity contribution is 0.416. The topological polar surface area (TPSA) is 48.4 Å². The maximum Gasteiger partial charge on any atom is 0.193 e. The van der Waals surface area contributed by atoms with Gasteiger partial charge in [0, 0.05) is 6.42 Å². The van der Waals surface area contributed by atoms with Crippen LogP contribution in [0.1, 0.15) is 11.3 Å². The molecule has 4 heteroatoms. The number of furan rings is 1. The van der Waals surface area contributed by atoms with E-state index >= 15 is 0 Å². The van der Waals surface area contributed by atoms with E-state index in [1.54, 1.807) is 13.2 Å². The molecular formula is C12H12ClNO2. The second kappa shape index (κ2) is 4.49. The van der Waals surface area contributed by atoms with Crippen LogP contribution in [0.2, 0.25) is 5.22 Å². The summed E-state index contributed by atoms with van der Waals surface area (Å²) in [5.74, 6) is 1.46. The predicted octanol–water partition coefficient (Wildman–Crippen LogP) is 3.11. The Morgan fingerprint density at radius 2 is 2.12 bits per heavy atom. The van der Waals surface area contributed by atoms with Gasteiger partial charge in [-0.2, -0.15) is 0 Å². The third-order valence-electron chi connectivity index (χ3n) is 2.37. The van der Waals surface area contributed by atoms with E-state index < -0.39 is 0 Å². The summed E-state index contributed by atoms with van der Waals surface area (Å²) < 4.78 is 10.4. The van der Waals surface area contributed by atoms with E-state index in [9.17, 15) is 0 Å². The number of nitrogen functional groups attached to an aromatic ring is 1. The molecule has 2 rings (SSSR count). The summed E-state index contributed by atoms with van der Waals surface area (Å²) >= 11 is 5.70. The van der Waals surface area contributed by atoms with Crippen LogP contribution in [0.15, 0.2) is 34.7 Å². The first-order valence-corrected chi connectivity index (χ1v) is 5.24. The monoisotopic (exact) mass is 237 g/mol. The maximum absolute atomic E-state index is 5.95. The fraction of sp³-hybridized carbons (Fsp3) is 0.167. The molecule has 1 aromatic carbocycles. The lowest BCUT2D eigenvalue weighted by Gasteiger charge is -2.08. The van der Waals surface area contributed by atoms with Gasteiger partial charge in [0.15, 0.2) is 5.22 Å². The Morgan fingerprint density at radius 1 is 1.31 bits per heavy atom. The molecule has 2 N–H and O–H groups in total. The van der Waals surface area contributed by atoms with Crippen LogP contribution < -0.4 is 10.5 Å². The van der Waals surface area contributed by atoms with Crippen LogP contribution in [0.5, 0.6) is 5.75 Å². The van der Waals surface area contributed by atoms with Crippen LogP contribution in [-0.4, -0.2) is 7.11 Å². The molecule has 0 aliphatic heterocycles. The molecule has 0 saturated carbocycles. The molecule has 0 unspecified atom stereocenters. The number of ether oxygens (including phenoxy) is 1. The van der Waals surface area contributed by atoms with Crippen molar-refractivity contribution in [2.24, 2.45) is 0 Å². The van der Waals surface area contributed by atoms with Crippen molar-refractivity contribution in [2.75, 3.05) is 12.8 Å². The van der Waals surface area contributed by atoms with Gasteiger partial charge in [0.1, 0.15) is 11.5 Å². The molecule has 0 radical (unpaired) electrons. The molecule has 0 fully saturated rings. The van der Waals surface area contributed by atoms with Gasteiger partial charge < -0.3 is 14.9 Å². The van der Waals surface area contributed by atoms with Gasteiger partial charge in [-0.1, -0.05) is 12.1 Å². The Balaban J connectivity index is 2.28.